The minimum atomic E-state index is 0. The molecular formula is C12H20Cl2N2. The smallest absolute Gasteiger partial charge is 0.0399 e. The molecular weight excluding hydrogens is 243 g/mol. The van der Waals surface area contributed by atoms with Gasteiger partial charge in [0.2, 0.25) is 0 Å². The van der Waals surface area contributed by atoms with Gasteiger partial charge >= 0.3 is 0 Å². The number of rotatable bonds is 1. The molecule has 1 saturated heterocycles. The van der Waals surface area contributed by atoms with Crippen LogP contribution in [-0.2, 0) is 0 Å². The highest BCUT2D eigenvalue weighted by molar-refractivity contribution is 5.85. The Morgan fingerprint density at radius 2 is 1.94 bits per heavy atom. The molecule has 4 heteroatoms. The molecule has 1 aliphatic rings. The molecule has 0 amide bonds. The summed E-state index contributed by atoms with van der Waals surface area (Å²) in [6.07, 6.45) is 0. The van der Waals surface area contributed by atoms with Crippen molar-refractivity contribution in [1.82, 2.24) is 5.32 Å². The van der Waals surface area contributed by atoms with Crippen molar-refractivity contribution in [2.45, 2.75) is 19.9 Å². The van der Waals surface area contributed by atoms with Crippen LogP contribution in [0.1, 0.15) is 12.5 Å². The number of aryl methyl sites for hydroxylation is 1. The molecule has 1 N–H and O–H groups in total. The Morgan fingerprint density at radius 3 is 2.56 bits per heavy atom. The summed E-state index contributed by atoms with van der Waals surface area (Å²) < 4.78 is 0. The van der Waals surface area contributed by atoms with Crippen molar-refractivity contribution in [2.24, 2.45) is 0 Å². The molecule has 2 nitrogen and oxygen atoms in total. The van der Waals surface area contributed by atoms with E-state index in [1.807, 2.05) is 0 Å². The first-order chi connectivity index (χ1) is 6.79. The van der Waals surface area contributed by atoms with Crippen molar-refractivity contribution in [3.8, 4) is 0 Å². The van der Waals surface area contributed by atoms with Gasteiger partial charge < -0.3 is 10.2 Å². The molecule has 16 heavy (non-hydrogen) atoms. The van der Waals surface area contributed by atoms with Crippen molar-refractivity contribution in [2.75, 3.05) is 24.5 Å². The van der Waals surface area contributed by atoms with Crippen molar-refractivity contribution in [1.29, 1.82) is 0 Å². The van der Waals surface area contributed by atoms with E-state index in [1.54, 1.807) is 0 Å². The van der Waals surface area contributed by atoms with Gasteiger partial charge in [-0.1, -0.05) is 18.2 Å². The molecule has 92 valence electrons. The van der Waals surface area contributed by atoms with E-state index >= 15 is 0 Å². The number of hydrogen-bond donors (Lipinski definition) is 1. The first kappa shape index (κ1) is 15.6. The Balaban J connectivity index is 0.00000112. The second-order valence-corrected chi connectivity index (χ2v) is 4.03. The Kier molecular flexibility index (Phi) is 6.81. The van der Waals surface area contributed by atoms with Crippen LogP contribution in [0.15, 0.2) is 24.3 Å². The maximum Gasteiger partial charge on any atom is 0.0399 e. The molecule has 0 saturated carbocycles. The second kappa shape index (κ2) is 7.00. The minimum absolute atomic E-state index is 0. The summed E-state index contributed by atoms with van der Waals surface area (Å²) in [4.78, 5) is 2.49. The van der Waals surface area contributed by atoms with E-state index in [4.69, 9.17) is 0 Å². The third kappa shape index (κ3) is 3.27. The lowest BCUT2D eigenvalue weighted by atomic mass is 10.1. The lowest BCUT2D eigenvalue weighted by Crippen LogP contribution is -2.50. The Morgan fingerprint density at radius 1 is 1.25 bits per heavy atom. The maximum atomic E-state index is 3.41. The van der Waals surface area contributed by atoms with Crippen molar-refractivity contribution >= 4 is 30.5 Å². The molecule has 0 aliphatic carbocycles. The largest absolute Gasteiger partial charge is 0.366 e. The molecule has 1 aliphatic heterocycles. The maximum absolute atomic E-state index is 3.41. The number of benzene rings is 1. The fourth-order valence-electron chi connectivity index (χ4n) is 2.08. The van der Waals surface area contributed by atoms with Crippen LogP contribution in [-0.4, -0.2) is 25.7 Å². The quantitative estimate of drug-likeness (QED) is 0.838. The summed E-state index contributed by atoms with van der Waals surface area (Å²) in [5, 5.41) is 3.41. The number of anilines is 1. The van der Waals surface area contributed by atoms with Gasteiger partial charge in [-0.05, 0) is 25.5 Å². The fraction of sp³-hybridized carbons (Fsp3) is 0.500. The average molecular weight is 263 g/mol. The zero-order chi connectivity index (χ0) is 9.97. The zero-order valence-electron chi connectivity index (χ0n) is 9.77. The van der Waals surface area contributed by atoms with E-state index in [9.17, 15) is 0 Å². The van der Waals surface area contributed by atoms with Gasteiger partial charge in [-0.25, -0.2) is 0 Å². The molecule has 0 bridgehead atoms. The Hall–Kier alpha value is -0.440. The van der Waals surface area contributed by atoms with Crippen LogP contribution < -0.4 is 10.2 Å². The number of para-hydroxylation sites is 1. The third-order valence-corrected chi connectivity index (χ3v) is 2.93. The van der Waals surface area contributed by atoms with Gasteiger partial charge in [0.25, 0.3) is 0 Å². The first-order valence-electron chi connectivity index (χ1n) is 5.32. The molecule has 1 fully saturated rings. The zero-order valence-corrected chi connectivity index (χ0v) is 11.4. The van der Waals surface area contributed by atoms with Crippen LogP contribution in [0.25, 0.3) is 0 Å². The minimum Gasteiger partial charge on any atom is -0.366 e. The molecule has 0 radical (unpaired) electrons. The predicted octanol–water partition coefficient (Wildman–Crippen LogP) is 2.64. The van der Waals surface area contributed by atoms with Crippen LogP contribution in [0.2, 0.25) is 0 Å². The number of nitrogens with zero attached hydrogens (tertiary/aromatic N) is 1. The van der Waals surface area contributed by atoms with E-state index < -0.39 is 0 Å². The fourth-order valence-corrected chi connectivity index (χ4v) is 2.08. The molecule has 1 aromatic rings. The summed E-state index contributed by atoms with van der Waals surface area (Å²) in [5.74, 6) is 0. The van der Waals surface area contributed by atoms with E-state index in [0.29, 0.717) is 6.04 Å². The van der Waals surface area contributed by atoms with Crippen molar-refractivity contribution < 1.29 is 0 Å². The van der Waals surface area contributed by atoms with Crippen LogP contribution >= 0.6 is 24.8 Å². The van der Waals surface area contributed by atoms with Crippen LogP contribution in [0.3, 0.4) is 0 Å². The van der Waals surface area contributed by atoms with E-state index in [1.165, 1.54) is 11.3 Å². The summed E-state index contributed by atoms with van der Waals surface area (Å²) in [7, 11) is 0. The third-order valence-electron chi connectivity index (χ3n) is 2.93. The van der Waals surface area contributed by atoms with Crippen LogP contribution in [0.5, 0.6) is 0 Å². The summed E-state index contributed by atoms with van der Waals surface area (Å²) in [5.41, 5.74) is 2.77. The number of hydrogen-bond acceptors (Lipinski definition) is 2. The van der Waals surface area contributed by atoms with Gasteiger partial charge in [0.05, 0.1) is 0 Å². The average Bonchev–Trinajstić information content (AvgIpc) is 2.20. The Labute approximate surface area is 110 Å². The monoisotopic (exact) mass is 262 g/mol. The van der Waals surface area contributed by atoms with Gasteiger partial charge in [0.1, 0.15) is 0 Å². The molecule has 0 spiro atoms. The molecule has 1 atom stereocenters. The molecule has 1 unspecified atom stereocenters. The van der Waals surface area contributed by atoms with Crippen molar-refractivity contribution in [3.63, 3.8) is 0 Å². The highest BCUT2D eigenvalue weighted by Gasteiger charge is 2.18. The Bertz CT molecular complexity index is 318. The van der Waals surface area contributed by atoms with E-state index in [0.717, 1.165) is 19.6 Å². The van der Waals surface area contributed by atoms with E-state index in [2.05, 4.69) is 48.3 Å². The van der Waals surface area contributed by atoms with Crippen molar-refractivity contribution in [3.05, 3.63) is 29.8 Å². The number of halogens is 2. The predicted molar refractivity (Wildman–Crippen MR) is 75.4 cm³/mol. The highest BCUT2D eigenvalue weighted by Crippen LogP contribution is 2.22. The highest BCUT2D eigenvalue weighted by atomic mass is 35.5. The molecule has 1 heterocycles. The van der Waals surface area contributed by atoms with Crippen LogP contribution in [0.4, 0.5) is 5.69 Å². The van der Waals surface area contributed by atoms with Gasteiger partial charge in [-0.15, -0.1) is 24.8 Å². The van der Waals surface area contributed by atoms with Crippen LogP contribution in [0, 0.1) is 6.92 Å². The summed E-state index contributed by atoms with van der Waals surface area (Å²) in [6.45, 7) is 7.77. The second-order valence-electron chi connectivity index (χ2n) is 4.03. The van der Waals surface area contributed by atoms with Gasteiger partial charge in [-0.2, -0.15) is 0 Å². The summed E-state index contributed by atoms with van der Waals surface area (Å²) >= 11 is 0. The van der Waals surface area contributed by atoms with E-state index in [-0.39, 0.29) is 24.8 Å². The summed E-state index contributed by atoms with van der Waals surface area (Å²) in [6, 6.07) is 9.23. The first-order valence-corrected chi connectivity index (χ1v) is 5.32. The molecule has 1 aromatic carbocycles. The topological polar surface area (TPSA) is 15.3 Å². The molecule has 2 rings (SSSR count). The number of piperazine rings is 1. The standard InChI is InChI=1S/C12H18N2.2ClH/c1-10-5-3-4-6-12(10)14-8-7-13-9-11(14)2;;/h3-6,11,13H,7-9H2,1-2H3;2*1H. The van der Waals surface area contributed by atoms with Gasteiger partial charge in [0, 0.05) is 31.4 Å². The van der Waals surface area contributed by atoms with Gasteiger partial charge in [0.15, 0.2) is 0 Å². The van der Waals surface area contributed by atoms with Gasteiger partial charge in [-0.3, -0.25) is 0 Å². The normalized spacial score (nSPS) is 19.6. The lowest BCUT2D eigenvalue weighted by molar-refractivity contribution is 0.500. The SMILES string of the molecule is Cc1ccccc1N1CCNCC1C.Cl.Cl. The lowest BCUT2D eigenvalue weighted by Gasteiger charge is -2.36. The molecule has 0 aromatic heterocycles. The number of nitrogens with one attached hydrogen (secondary N) is 1.